The lowest BCUT2D eigenvalue weighted by molar-refractivity contribution is 0.462. The van der Waals surface area contributed by atoms with Crippen molar-refractivity contribution in [3.63, 3.8) is 0 Å². The third-order valence-corrected chi connectivity index (χ3v) is 3.73. The largest absolute Gasteiger partial charge is 0.367 e. The number of likely N-dealkylation sites (N-methyl/N-ethyl adjacent to an activating group) is 1. The number of anilines is 1. The van der Waals surface area contributed by atoms with Gasteiger partial charge in [0, 0.05) is 24.8 Å². The molecule has 0 saturated carbocycles. The average molecular weight is 232 g/mol. The summed E-state index contributed by atoms with van der Waals surface area (Å²) >= 11 is 0. The minimum absolute atomic E-state index is 0.615. The highest BCUT2D eigenvalue weighted by atomic mass is 15.2. The van der Waals surface area contributed by atoms with Gasteiger partial charge in [0.15, 0.2) is 0 Å². The fraction of sp³-hybridized carbons (Fsp3) is 0.600. The first kappa shape index (κ1) is 12.4. The van der Waals surface area contributed by atoms with Gasteiger partial charge >= 0.3 is 0 Å². The standard InChI is InChI=1S/C15H24N2/c1-4-14(10-16-3)17-11-12(2)9-13-7-5-6-8-15(13)17/h5-8,12,14,16H,4,9-11H2,1-3H3. The first-order valence-electron chi connectivity index (χ1n) is 6.75. The highest BCUT2D eigenvalue weighted by molar-refractivity contribution is 5.56. The molecule has 1 aromatic carbocycles. The normalized spacial score (nSPS) is 21.1. The number of fused-ring (bicyclic) bond motifs is 1. The van der Waals surface area contributed by atoms with Gasteiger partial charge in [-0.3, -0.25) is 0 Å². The minimum atomic E-state index is 0.615. The van der Waals surface area contributed by atoms with Crippen LogP contribution in [0, 0.1) is 5.92 Å². The molecule has 17 heavy (non-hydrogen) atoms. The monoisotopic (exact) mass is 232 g/mol. The first-order chi connectivity index (χ1) is 8.26. The number of nitrogens with zero attached hydrogens (tertiary/aromatic N) is 1. The van der Waals surface area contributed by atoms with Crippen LogP contribution in [-0.4, -0.2) is 26.2 Å². The zero-order valence-electron chi connectivity index (χ0n) is 11.2. The summed E-state index contributed by atoms with van der Waals surface area (Å²) < 4.78 is 0. The summed E-state index contributed by atoms with van der Waals surface area (Å²) in [6.07, 6.45) is 2.42. The summed E-state index contributed by atoms with van der Waals surface area (Å²) in [5, 5.41) is 3.32. The van der Waals surface area contributed by atoms with E-state index in [0.29, 0.717) is 6.04 Å². The van der Waals surface area contributed by atoms with Gasteiger partial charge in [0.1, 0.15) is 0 Å². The van der Waals surface area contributed by atoms with E-state index in [9.17, 15) is 0 Å². The van der Waals surface area contributed by atoms with Crippen LogP contribution in [0.2, 0.25) is 0 Å². The molecule has 1 heterocycles. The highest BCUT2D eigenvalue weighted by Gasteiger charge is 2.25. The second kappa shape index (κ2) is 5.54. The third kappa shape index (κ3) is 2.63. The fourth-order valence-electron chi connectivity index (χ4n) is 2.89. The van der Waals surface area contributed by atoms with Gasteiger partial charge in [-0.1, -0.05) is 32.0 Å². The second-order valence-electron chi connectivity index (χ2n) is 5.21. The molecule has 0 amide bonds. The van der Waals surface area contributed by atoms with Crippen molar-refractivity contribution in [3.05, 3.63) is 29.8 Å². The Morgan fingerprint density at radius 3 is 2.88 bits per heavy atom. The van der Waals surface area contributed by atoms with E-state index in [4.69, 9.17) is 0 Å². The minimum Gasteiger partial charge on any atom is -0.367 e. The van der Waals surface area contributed by atoms with E-state index < -0.39 is 0 Å². The molecule has 0 fully saturated rings. The van der Waals surface area contributed by atoms with Crippen molar-refractivity contribution in [2.75, 3.05) is 25.0 Å². The summed E-state index contributed by atoms with van der Waals surface area (Å²) in [5.41, 5.74) is 2.97. The van der Waals surface area contributed by atoms with Gasteiger partial charge in [0.05, 0.1) is 0 Å². The molecule has 2 nitrogen and oxygen atoms in total. The summed E-state index contributed by atoms with van der Waals surface area (Å²) in [6, 6.07) is 9.50. The number of benzene rings is 1. The van der Waals surface area contributed by atoms with Gasteiger partial charge in [0.2, 0.25) is 0 Å². The van der Waals surface area contributed by atoms with Crippen molar-refractivity contribution < 1.29 is 0 Å². The van der Waals surface area contributed by atoms with Crippen LogP contribution in [0.3, 0.4) is 0 Å². The van der Waals surface area contributed by atoms with Gasteiger partial charge < -0.3 is 10.2 Å². The van der Waals surface area contributed by atoms with Crippen LogP contribution in [0.25, 0.3) is 0 Å². The van der Waals surface area contributed by atoms with Crippen LogP contribution >= 0.6 is 0 Å². The van der Waals surface area contributed by atoms with Gasteiger partial charge in [-0.25, -0.2) is 0 Å². The number of nitrogens with one attached hydrogen (secondary N) is 1. The molecule has 1 aliphatic heterocycles. The fourth-order valence-corrected chi connectivity index (χ4v) is 2.89. The van der Waals surface area contributed by atoms with Crippen molar-refractivity contribution in [3.8, 4) is 0 Å². The number of hydrogen-bond acceptors (Lipinski definition) is 2. The predicted molar refractivity (Wildman–Crippen MR) is 74.7 cm³/mol. The lowest BCUT2D eigenvalue weighted by atomic mass is 9.92. The van der Waals surface area contributed by atoms with Gasteiger partial charge in [-0.15, -0.1) is 0 Å². The van der Waals surface area contributed by atoms with Crippen LogP contribution in [-0.2, 0) is 6.42 Å². The van der Waals surface area contributed by atoms with Gasteiger partial charge in [-0.2, -0.15) is 0 Å². The van der Waals surface area contributed by atoms with Crippen molar-refractivity contribution >= 4 is 5.69 Å². The van der Waals surface area contributed by atoms with Crippen molar-refractivity contribution in [2.24, 2.45) is 5.92 Å². The second-order valence-corrected chi connectivity index (χ2v) is 5.21. The molecule has 2 rings (SSSR count). The summed E-state index contributed by atoms with van der Waals surface area (Å²) in [5.74, 6) is 0.760. The van der Waals surface area contributed by atoms with E-state index in [2.05, 4.69) is 48.3 Å². The first-order valence-corrected chi connectivity index (χ1v) is 6.75. The maximum absolute atomic E-state index is 3.32. The van der Waals surface area contributed by atoms with Crippen molar-refractivity contribution in [2.45, 2.75) is 32.7 Å². The predicted octanol–water partition coefficient (Wildman–Crippen LogP) is 2.68. The summed E-state index contributed by atoms with van der Waals surface area (Å²) in [6.45, 7) is 6.90. The highest BCUT2D eigenvalue weighted by Crippen LogP contribution is 2.31. The van der Waals surface area contributed by atoms with E-state index in [1.807, 2.05) is 7.05 Å². The lowest BCUT2D eigenvalue weighted by Crippen LogP contribution is -2.46. The molecule has 0 aliphatic carbocycles. The van der Waals surface area contributed by atoms with Gasteiger partial charge in [-0.05, 0) is 37.4 Å². The van der Waals surface area contributed by atoms with Crippen LogP contribution < -0.4 is 10.2 Å². The molecule has 0 spiro atoms. The maximum Gasteiger partial charge on any atom is 0.0412 e. The Morgan fingerprint density at radius 2 is 2.18 bits per heavy atom. The van der Waals surface area contributed by atoms with E-state index in [1.54, 1.807) is 0 Å². The molecule has 2 atom stereocenters. The Labute approximate surface area is 105 Å². The maximum atomic E-state index is 3.32. The quantitative estimate of drug-likeness (QED) is 0.858. The Morgan fingerprint density at radius 1 is 1.41 bits per heavy atom. The molecule has 2 heteroatoms. The zero-order chi connectivity index (χ0) is 12.3. The number of hydrogen-bond donors (Lipinski definition) is 1. The number of rotatable bonds is 4. The summed E-state index contributed by atoms with van der Waals surface area (Å²) in [4.78, 5) is 2.60. The van der Waals surface area contributed by atoms with Crippen LogP contribution in [0.5, 0.6) is 0 Å². The molecule has 1 aliphatic rings. The molecular weight excluding hydrogens is 208 g/mol. The van der Waals surface area contributed by atoms with E-state index in [0.717, 1.165) is 12.5 Å². The molecule has 1 N–H and O–H groups in total. The molecular formula is C15H24N2. The Kier molecular flexibility index (Phi) is 4.06. The Bertz CT molecular complexity index is 362. The lowest BCUT2D eigenvalue weighted by Gasteiger charge is -2.40. The van der Waals surface area contributed by atoms with Crippen LogP contribution in [0.1, 0.15) is 25.8 Å². The topological polar surface area (TPSA) is 15.3 Å². The molecule has 94 valence electrons. The Hall–Kier alpha value is -1.02. The van der Waals surface area contributed by atoms with E-state index in [-0.39, 0.29) is 0 Å². The molecule has 0 aromatic heterocycles. The van der Waals surface area contributed by atoms with Crippen molar-refractivity contribution in [1.29, 1.82) is 0 Å². The average Bonchev–Trinajstić information content (AvgIpc) is 2.35. The van der Waals surface area contributed by atoms with Crippen LogP contribution in [0.4, 0.5) is 5.69 Å². The van der Waals surface area contributed by atoms with Crippen LogP contribution in [0.15, 0.2) is 24.3 Å². The summed E-state index contributed by atoms with van der Waals surface area (Å²) in [7, 11) is 2.04. The van der Waals surface area contributed by atoms with E-state index >= 15 is 0 Å². The molecule has 2 unspecified atom stereocenters. The van der Waals surface area contributed by atoms with Gasteiger partial charge in [0.25, 0.3) is 0 Å². The smallest absolute Gasteiger partial charge is 0.0412 e. The van der Waals surface area contributed by atoms with Crippen molar-refractivity contribution in [1.82, 2.24) is 5.32 Å². The third-order valence-electron chi connectivity index (χ3n) is 3.73. The SMILES string of the molecule is CCC(CNC)N1CC(C)Cc2ccccc21. The number of para-hydroxylation sites is 1. The zero-order valence-corrected chi connectivity index (χ0v) is 11.2. The van der Waals surface area contributed by atoms with E-state index in [1.165, 1.54) is 30.6 Å². The molecule has 1 aromatic rings. The molecule has 0 bridgehead atoms. The Balaban J connectivity index is 2.28. The molecule has 0 saturated heterocycles. The molecule has 0 radical (unpaired) electrons.